The van der Waals surface area contributed by atoms with E-state index in [0.29, 0.717) is 5.41 Å². The van der Waals surface area contributed by atoms with Crippen LogP contribution in [0.2, 0.25) is 0 Å². The summed E-state index contributed by atoms with van der Waals surface area (Å²) >= 11 is 0. The zero-order valence-electron chi connectivity index (χ0n) is 13.5. The van der Waals surface area contributed by atoms with E-state index >= 15 is 0 Å². The summed E-state index contributed by atoms with van der Waals surface area (Å²) in [6.45, 7) is 12.5. The zero-order chi connectivity index (χ0) is 14.6. The summed E-state index contributed by atoms with van der Waals surface area (Å²) in [6.07, 6.45) is 4.62. The molecule has 0 bridgehead atoms. The van der Waals surface area contributed by atoms with Gasteiger partial charge in [0.2, 0.25) is 0 Å². The SMILES string of the molecule is CCOCCCCNC(=NC)NCCCC(C)(C)C. The summed E-state index contributed by atoms with van der Waals surface area (Å²) in [5.41, 5.74) is 0.415. The maximum atomic E-state index is 5.30. The summed E-state index contributed by atoms with van der Waals surface area (Å²) in [5.74, 6) is 0.908. The third-order valence-electron chi connectivity index (χ3n) is 2.83. The molecule has 0 amide bonds. The number of aliphatic imine (C=N–C) groups is 1. The number of nitrogens with one attached hydrogen (secondary N) is 2. The average molecular weight is 271 g/mol. The fourth-order valence-electron chi connectivity index (χ4n) is 1.73. The highest BCUT2D eigenvalue weighted by Gasteiger charge is 2.08. The predicted molar refractivity (Wildman–Crippen MR) is 83.8 cm³/mol. The molecule has 114 valence electrons. The molecule has 0 aliphatic rings. The fourth-order valence-corrected chi connectivity index (χ4v) is 1.73. The number of hydrogen-bond acceptors (Lipinski definition) is 2. The van der Waals surface area contributed by atoms with Gasteiger partial charge in [0.25, 0.3) is 0 Å². The third kappa shape index (κ3) is 13.5. The molecule has 0 rings (SSSR count). The normalized spacial score (nSPS) is 12.6. The van der Waals surface area contributed by atoms with E-state index in [2.05, 4.69) is 36.4 Å². The smallest absolute Gasteiger partial charge is 0.190 e. The van der Waals surface area contributed by atoms with Crippen LogP contribution < -0.4 is 10.6 Å². The van der Waals surface area contributed by atoms with Gasteiger partial charge in [-0.25, -0.2) is 0 Å². The van der Waals surface area contributed by atoms with Gasteiger partial charge in [0.05, 0.1) is 0 Å². The molecular formula is C15H33N3O. The Labute approximate surface area is 119 Å². The molecule has 0 spiro atoms. The van der Waals surface area contributed by atoms with Crippen LogP contribution in [0.25, 0.3) is 0 Å². The van der Waals surface area contributed by atoms with E-state index in [1.165, 1.54) is 12.8 Å². The highest BCUT2D eigenvalue weighted by atomic mass is 16.5. The van der Waals surface area contributed by atoms with Gasteiger partial charge in [-0.1, -0.05) is 20.8 Å². The number of unbranched alkanes of at least 4 members (excludes halogenated alkanes) is 1. The second kappa shape index (κ2) is 11.1. The van der Waals surface area contributed by atoms with Gasteiger partial charge < -0.3 is 15.4 Å². The van der Waals surface area contributed by atoms with Crippen molar-refractivity contribution in [3.63, 3.8) is 0 Å². The number of hydrogen-bond donors (Lipinski definition) is 2. The Balaban J connectivity index is 3.51. The molecule has 19 heavy (non-hydrogen) atoms. The predicted octanol–water partition coefficient (Wildman–Crippen LogP) is 2.79. The minimum absolute atomic E-state index is 0.415. The van der Waals surface area contributed by atoms with Crippen molar-refractivity contribution in [3.8, 4) is 0 Å². The van der Waals surface area contributed by atoms with E-state index in [-0.39, 0.29) is 0 Å². The van der Waals surface area contributed by atoms with Crippen LogP contribution in [0.3, 0.4) is 0 Å². The van der Waals surface area contributed by atoms with Crippen molar-refractivity contribution in [3.05, 3.63) is 0 Å². The maximum Gasteiger partial charge on any atom is 0.190 e. The topological polar surface area (TPSA) is 45.6 Å². The Kier molecular flexibility index (Phi) is 10.6. The molecule has 0 saturated heterocycles. The Morgan fingerprint density at radius 1 is 1.05 bits per heavy atom. The fraction of sp³-hybridized carbons (Fsp3) is 0.933. The van der Waals surface area contributed by atoms with Gasteiger partial charge in [0.15, 0.2) is 5.96 Å². The minimum Gasteiger partial charge on any atom is -0.382 e. The number of ether oxygens (including phenoxy) is 1. The van der Waals surface area contributed by atoms with Crippen molar-refractivity contribution < 1.29 is 4.74 Å². The van der Waals surface area contributed by atoms with Crippen molar-refractivity contribution in [2.24, 2.45) is 10.4 Å². The van der Waals surface area contributed by atoms with Gasteiger partial charge in [0.1, 0.15) is 0 Å². The average Bonchev–Trinajstić information content (AvgIpc) is 2.34. The first-order valence-electron chi connectivity index (χ1n) is 7.52. The molecule has 0 unspecified atom stereocenters. The van der Waals surface area contributed by atoms with Crippen molar-refractivity contribution in [1.82, 2.24) is 10.6 Å². The molecule has 0 aromatic heterocycles. The van der Waals surface area contributed by atoms with Crippen molar-refractivity contribution in [2.75, 3.05) is 33.4 Å². The van der Waals surface area contributed by atoms with Gasteiger partial charge in [-0.05, 0) is 38.0 Å². The number of guanidine groups is 1. The summed E-state index contributed by atoms with van der Waals surface area (Å²) in [7, 11) is 1.82. The van der Waals surface area contributed by atoms with Crippen LogP contribution in [-0.2, 0) is 4.74 Å². The van der Waals surface area contributed by atoms with E-state index in [0.717, 1.165) is 45.1 Å². The van der Waals surface area contributed by atoms with E-state index in [1.54, 1.807) is 0 Å². The van der Waals surface area contributed by atoms with Crippen molar-refractivity contribution in [1.29, 1.82) is 0 Å². The molecule has 0 fully saturated rings. The molecule has 0 saturated carbocycles. The molecule has 0 atom stereocenters. The van der Waals surface area contributed by atoms with E-state index in [9.17, 15) is 0 Å². The lowest BCUT2D eigenvalue weighted by Gasteiger charge is -2.18. The van der Waals surface area contributed by atoms with Gasteiger partial charge in [-0.15, -0.1) is 0 Å². The Hall–Kier alpha value is -0.770. The second-order valence-corrected chi connectivity index (χ2v) is 5.99. The number of rotatable bonds is 9. The first kappa shape index (κ1) is 18.2. The standard InChI is InChI=1S/C15H33N3O/c1-6-19-13-8-7-11-17-14(16-5)18-12-9-10-15(2,3)4/h6-13H2,1-5H3,(H2,16,17,18). The molecule has 4 heteroatoms. The lowest BCUT2D eigenvalue weighted by atomic mass is 9.91. The minimum atomic E-state index is 0.415. The third-order valence-corrected chi connectivity index (χ3v) is 2.83. The second-order valence-electron chi connectivity index (χ2n) is 5.99. The van der Waals surface area contributed by atoms with E-state index in [1.807, 2.05) is 14.0 Å². The molecule has 0 aromatic carbocycles. The molecule has 0 heterocycles. The zero-order valence-corrected chi connectivity index (χ0v) is 13.5. The summed E-state index contributed by atoms with van der Waals surface area (Å²) in [4.78, 5) is 4.22. The van der Waals surface area contributed by atoms with Crippen LogP contribution >= 0.6 is 0 Å². The summed E-state index contributed by atoms with van der Waals surface area (Å²) in [6, 6.07) is 0. The van der Waals surface area contributed by atoms with Crippen molar-refractivity contribution in [2.45, 2.75) is 53.4 Å². The maximum absolute atomic E-state index is 5.30. The summed E-state index contributed by atoms with van der Waals surface area (Å²) in [5, 5.41) is 6.68. The molecule has 0 aliphatic heterocycles. The molecule has 2 N–H and O–H groups in total. The first-order chi connectivity index (χ1) is 8.99. The van der Waals surface area contributed by atoms with Gasteiger partial charge in [0, 0.05) is 33.4 Å². The van der Waals surface area contributed by atoms with Crippen LogP contribution in [0, 0.1) is 5.41 Å². The molecule has 0 radical (unpaired) electrons. The molecule has 4 nitrogen and oxygen atoms in total. The van der Waals surface area contributed by atoms with Crippen molar-refractivity contribution >= 4 is 5.96 Å². The Morgan fingerprint density at radius 2 is 1.68 bits per heavy atom. The van der Waals surface area contributed by atoms with Crippen LogP contribution in [0.5, 0.6) is 0 Å². The van der Waals surface area contributed by atoms with Gasteiger partial charge in [-0.2, -0.15) is 0 Å². The monoisotopic (exact) mass is 271 g/mol. The quantitative estimate of drug-likeness (QED) is 0.385. The van der Waals surface area contributed by atoms with E-state index < -0.39 is 0 Å². The lowest BCUT2D eigenvalue weighted by molar-refractivity contribution is 0.143. The largest absolute Gasteiger partial charge is 0.382 e. The van der Waals surface area contributed by atoms with Crippen LogP contribution in [0.1, 0.15) is 53.4 Å². The number of nitrogens with zero attached hydrogens (tertiary/aromatic N) is 1. The van der Waals surface area contributed by atoms with Gasteiger partial charge in [-0.3, -0.25) is 4.99 Å². The Bertz CT molecular complexity index is 234. The Morgan fingerprint density at radius 3 is 2.21 bits per heavy atom. The van der Waals surface area contributed by atoms with Crippen LogP contribution in [0.4, 0.5) is 0 Å². The highest BCUT2D eigenvalue weighted by molar-refractivity contribution is 5.79. The van der Waals surface area contributed by atoms with E-state index in [4.69, 9.17) is 4.74 Å². The molecular weight excluding hydrogens is 238 g/mol. The molecule has 0 aliphatic carbocycles. The van der Waals surface area contributed by atoms with Crippen LogP contribution in [0.15, 0.2) is 4.99 Å². The van der Waals surface area contributed by atoms with Crippen LogP contribution in [-0.4, -0.2) is 39.3 Å². The lowest BCUT2D eigenvalue weighted by Crippen LogP contribution is -2.38. The highest BCUT2D eigenvalue weighted by Crippen LogP contribution is 2.19. The summed E-state index contributed by atoms with van der Waals surface area (Å²) < 4.78 is 5.30. The molecule has 0 aromatic rings. The van der Waals surface area contributed by atoms with Gasteiger partial charge >= 0.3 is 0 Å². The first-order valence-corrected chi connectivity index (χ1v) is 7.52.